The molecular weight excluding hydrogens is 180 g/mol. The molecule has 4 heteroatoms. The van der Waals surface area contributed by atoms with Gasteiger partial charge in [-0.3, -0.25) is 9.78 Å². The number of amides is 1. The Hall–Kier alpha value is -1.42. The zero-order valence-corrected chi connectivity index (χ0v) is 8.32. The highest BCUT2D eigenvalue weighted by Gasteiger charge is 2.08. The van der Waals surface area contributed by atoms with Gasteiger partial charge in [-0.1, -0.05) is 0 Å². The van der Waals surface area contributed by atoms with Crippen molar-refractivity contribution in [3.63, 3.8) is 0 Å². The van der Waals surface area contributed by atoms with Crippen LogP contribution in [-0.2, 0) is 0 Å². The van der Waals surface area contributed by atoms with Gasteiger partial charge in [-0.15, -0.1) is 0 Å². The molecule has 1 amide bonds. The number of aryl methyl sites for hydroxylation is 1. The summed E-state index contributed by atoms with van der Waals surface area (Å²) in [7, 11) is 0. The van der Waals surface area contributed by atoms with E-state index in [-0.39, 0.29) is 12.5 Å². The molecular formula is C10H14N2O2. The molecule has 0 bridgehead atoms. The van der Waals surface area contributed by atoms with Gasteiger partial charge in [0.25, 0.3) is 5.91 Å². The molecule has 1 rings (SSSR count). The van der Waals surface area contributed by atoms with E-state index in [9.17, 15) is 4.79 Å². The van der Waals surface area contributed by atoms with Gasteiger partial charge in [0.05, 0.1) is 11.7 Å². The second kappa shape index (κ2) is 4.72. The highest BCUT2D eigenvalue weighted by molar-refractivity contribution is 5.95. The fraction of sp³-hybridized carbons (Fsp3) is 0.400. The number of carbonyl (C=O) groups excluding carboxylic acids is 1. The molecule has 0 aliphatic rings. The fourth-order valence-electron chi connectivity index (χ4n) is 1.06. The normalized spacial score (nSPS) is 12.2. The number of carbonyl (C=O) groups is 1. The zero-order valence-electron chi connectivity index (χ0n) is 8.32. The summed E-state index contributed by atoms with van der Waals surface area (Å²) in [5.74, 6) is -0.198. The number of nitrogens with one attached hydrogen (secondary N) is 1. The predicted molar refractivity (Wildman–Crippen MR) is 53.0 cm³/mol. The quantitative estimate of drug-likeness (QED) is 0.736. The minimum absolute atomic E-state index is 0.198. The Labute approximate surface area is 83.0 Å². The first-order valence-electron chi connectivity index (χ1n) is 4.49. The van der Waals surface area contributed by atoms with E-state index in [0.717, 1.165) is 0 Å². The van der Waals surface area contributed by atoms with Crippen molar-refractivity contribution >= 4 is 5.91 Å². The second-order valence-electron chi connectivity index (χ2n) is 3.20. The molecule has 1 aromatic heterocycles. The maximum Gasteiger partial charge on any atom is 0.253 e. The van der Waals surface area contributed by atoms with Crippen molar-refractivity contribution in [3.8, 4) is 0 Å². The van der Waals surface area contributed by atoms with Crippen LogP contribution in [0.2, 0.25) is 0 Å². The predicted octanol–water partition coefficient (Wildman–Crippen LogP) is 0.501. The summed E-state index contributed by atoms with van der Waals surface area (Å²) < 4.78 is 0. The van der Waals surface area contributed by atoms with E-state index in [4.69, 9.17) is 5.11 Å². The number of nitrogens with zero attached hydrogens (tertiary/aromatic N) is 1. The van der Waals surface area contributed by atoms with Crippen LogP contribution in [0.25, 0.3) is 0 Å². The third-order valence-corrected chi connectivity index (χ3v) is 1.81. The molecule has 0 aliphatic heterocycles. The third-order valence-electron chi connectivity index (χ3n) is 1.81. The van der Waals surface area contributed by atoms with Gasteiger partial charge >= 0.3 is 0 Å². The van der Waals surface area contributed by atoms with Crippen molar-refractivity contribution in [3.05, 3.63) is 29.6 Å². The first kappa shape index (κ1) is 10.7. The minimum Gasteiger partial charge on any atom is -0.392 e. The molecule has 76 valence electrons. The van der Waals surface area contributed by atoms with Crippen LogP contribution in [0.1, 0.15) is 23.0 Å². The number of aromatic nitrogens is 1. The SMILES string of the molecule is Cc1ncccc1C(=O)NC[C@@H](C)O. The molecule has 0 unspecified atom stereocenters. The van der Waals surface area contributed by atoms with Crippen LogP contribution < -0.4 is 5.32 Å². The van der Waals surface area contributed by atoms with Gasteiger partial charge in [0, 0.05) is 18.4 Å². The molecule has 0 saturated heterocycles. The van der Waals surface area contributed by atoms with Gasteiger partial charge < -0.3 is 10.4 Å². The Morgan fingerprint density at radius 1 is 1.71 bits per heavy atom. The summed E-state index contributed by atoms with van der Waals surface area (Å²) in [6.45, 7) is 3.65. The monoisotopic (exact) mass is 194 g/mol. The molecule has 0 fully saturated rings. The molecule has 1 aromatic rings. The summed E-state index contributed by atoms with van der Waals surface area (Å²) >= 11 is 0. The van der Waals surface area contributed by atoms with E-state index in [0.29, 0.717) is 11.3 Å². The highest BCUT2D eigenvalue weighted by Crippen LogP contribution is 2.02. The number of hydrogen-bond acceptors (Lipinski definition) is 3. The lowest BCUT2D eigenvalue weighted by Crippen LogP contribution is -2.31. The third kappa shape index (κ3) is 2.81. The van der Waals surface area contributed by atoms with Crippen molar-refractivity contribution < 1.29 is 9.90 Å². The van der Waals surface area contributed by atoms with Crippen molar-refractivity contribution in [2.45, 2.75) is 20.0 Å². The topological polar surface area (TPSA) is 62.2 Å². The Balaban J connectivity index is 2.65. The standard InChI is InChI=1S/C10H14N2O2/c1-7(13)6-12-10(14)9-4-3-5-11-8(9)2/h3-5,7,13H,6H2,1-2H3,(H,12,14)/t7-/m1/s1. The van der Waals surface area contributed by atoms with E-state index in [1.807, 2.05) is 0 Å². The summed E-state index contributed by atoms with van der Waals surface area (Å²) in [5, 5.41) is 11.6. The number of hydrogen-bond donors (Lipinski definition) is 2. The lowest BCUT2D eigenvalue weighted by Gasteiger charge is -2.08. The Morgan fingerprint density at radius 3 is 3.00 bits per heavy atom. The summed E-state index contributed by atoms with van der Waals surface area (Å²) in [5.41, 5.74) is 1.24. The summed E-state index contributed by atoms with van der Waals surface area (Å²) in [6.07, 6.45) is 1.11. The average Bonchev–Trinajstić information content (AvgIpc) is 2.15. The van der Waals surface area contributed by atoms with E-state index in [2.05, 4.69) is 10.3 Å². The van der Waals surface area contributed by atoms with Crippen LogP contribution in [0, 0.1) is 6.92 Å². The van der Waals surface area contributed by atoms with Gasteiger partial charge in [-0.25, -0.2) is 0 Å². The Bertz CT molecular complexity index is 324. The van der Waals surface area contributed by atoms with E-state index < -0.39 is 6.10 Å². The number of aliphatic hydroxyl groups is 1. The number of aliphatic hydroxyl groups excluding tert-OH is 1. The Morgan fingerprint density at radius 2 is 2.43 bits per heavy atom. The van der Waals surface area contributed by atoms with Crippen molar-refractivity contribution in [2.75, 3.05) is 6.54 Å². The molecule has 14 heavy (non-hydrogen) atoms. The largest absolute Gasteiger partial charge is 0.392 e. The van der Waals surface area contributed by atoms with E-state index >= 15 is 0 Å². The van der Waals surface area contributed by atoms with Gasteiger partial charge in [0.1, 0.15) is 0 Å². The van der Waals surface area contributed by atoms with Gasteiger partial charge in [-0.2, -0.15) is 0 Å². The molecule has 1 atom stereocenters. The number of rotatable bonds is 3. The van der Waals surface area contributed by atoms with E-state index in [1.54, 1.807) is 32.2 Å². The molecule has 0 saturated carbocycles. The van der Waals surface area contributed by atoms with Gasteiger partial charge in [0.2, 0.25) is 0 Å². The van der Waals surface area contributed by atoms with Crippen molar-refractivity contribution in [1.82, 2.24) is 10.3 Å². The Kier molecular flexibility index (Phi) is 3.59. The maximum absolute atomic E-state index is 11.5. The van der Waals surface area contributed by atoms with Crippen LogP contribution >= 0.6 is 0 Å². The molecule has 2 N–H and O–H groups in total. The maximum atomic E-state index is 11.5. The van der Waals surface area contributed by atoms with Crippen LogP contribution in [0.5, 0.6) is 0 Å². The average molecular weight is 194 g/mol. The van der Waals surface area contributed by atoms with Crippen molar-refractivity contribution in [2.24, 2.45) is 0 Å². The first-order chi connectivity index (χ1) is 6.61. The highest BCUT2D eigenvalue weighted by atomic mass is 16.3. The smallest absolute Gasteiger partial charge is 0.253 e. The second-order valence-corrected chi connectivity index (χ2v) is 3.20. The zero-order chi connectivity index (χ0) is 10.6. The van der Waals surface area contributed by atoms with Crippen LogP contribution in [-0.4, -0.2) is 28.6 Å². The first-order valence-corrected chi connectivity index (χ1v) is 4.49. The van der Waals surface area contributed by atoms with Gasteiger partial charge in [-0.05, 0) is 26.0 Å². The summed E-state index contributed by atoms with van der Waals surface area (Å²) in [4.78, 5) is 15.5. The van der Waals surface area contributed by atoms with Crippen LogP contribution in [0.15, 0.2) is 18.3 Å². The molecule has 4 nitrogen and oxygen atoms in total. The molecule has 0 spiro atoms. The minimum atomic E-state index is -0.532. The van der Waals surface area contributed by atoms with Gasteiger partial charge in [0.15, 0.2) is 0 Å². The molecule has 1 heterocycles. The van der Waals surface area contributed by atoms with Crippen LogP contribution in [0.4, 0.5) is 0 Å². The molecule has 0 aromatic carbocycles. The lowest BCUT2D eigenvalue weighted by atomic mass is 10.2. The summed E-state index contributed by atoms with van der Waals surface area (Å²) in [6, 6.07) is 3.42. The van der Waals surface area contributed by atoms with Crippen LogP contribution in [0.3, 0.4) is 0 Å². The van der Waals surface area contributed by atoms with Crippen molar-refractivity contribution in [1.29, 1.82) is 0 Å². The molecule has 0 radical (unpaired) electrons. The fourth-order valence-corrected chi connectivity index (χ4v) is 1.06. The molecule has 0 aliphatic carbocycles. The lowest BCUT2D eigenvalue weighted by molar-refractivity contribution is 0.0923. The van der Waals surface area contributed by atoms with E-state index in [1.165, 1.54) is 0 Å². The number of pyridine rings is 1.